The molecule has 6 nitrogen and oxygen atoms in total. The molecule has 2 heterocycles. The Balaban J connectivity index is 1.53. The first-order valence-electron chi connectivity index (χ1n) is 10.3. The minimum Gasteiger partial charge on any atom is -0.493 e. The number of rotatable bonds is 7. The zero-order valence-corrected chi connectivity index (χ0v) is 17.1. The van der Waals surface area contributed by atoms with Crippen molar-refractivity contribution in [1.29, 1.82) is 0 Å². The first kappa shape index (κ1) is 21.0. The van der Waals surface area contributed by atoms with Crippen LogP contribution in [0.15, 0.2) is 36.9 Å². The van der Waals surface area contributed by atoms with E-state index in [0.717, 1.165) is 44.3 Å². The van der Waals surface area contributed by atoms with Gasteiger partial charge in [-0.15, -0.1) is 0 Å². The van der Waals surface area contributed by atoms with E-state index in [2.05, 4.69) is 6.58 Å². The molecule has 0 unspecified atom stereocenters. The molecule has 156 valence electrons. The van der Waals surface area contributed by atoms with E-state index in [1.807, 2.05) is 28.0 Å². The van der Waals surface area contributed by atoms with Crippen LogP contribution in [0.3, 0.4) is 0 Å². The first-order chi connectivity index (χ1) is 14.1. The summed E-state index contributed by atoms with van der Waals surface area (Å²) in [5.41, 5.74) is 0.861. The lowest BCUT2D eigenvalue weighted by molar-refractivity contribution is -0.138. The van der Waals surface area contributed by atoms with Gasteiger partial charge in [0, 0.05) is 38.2 Å². The Labute approximate surface area is 172 Å². The van der Waals surface area contributed by atoms with Crippen LogP contribution in [0, 0.1) is 5.92 Å². The summed E-state index contributed by atoms with van der Waals surface area (Å²) in [6.45, 7) is 7.08. The highest BCUT2D eigenvalue weighted by atomic mass is 16.5. The molecule has 0 spiro atoms. The maximum Gasteiger partial charge on any atom is 0.246 e. The summed E-state index contributed by atoms with van der Waals surface area (Å²) in [4.78, 5) is 28.9. The first-order valence-corrected chi connectivity index (χ1v) is 10.3. The Bertz CT molecular complexity index is 760. The van der Waals surface area contributed by atoms with Gasteiger partial charge in [0.05, 0.1) is 7.11 Å². The quantitative estimate of drug-likeness (QED) is 0.523. The van der Waals surface area contributed by atoms with Crippen molar-refractivity contribution < 1.29 is 19.1 Å². The normalized spacial score (nSPS) is 17.6. The summed E-state index contributed by atoms with van der Waals surface area (Å²) in [7, 11) is 1.59. The van der Waals surface area contributed by atoms with Crippen LogP contribution in [0.2, 0.25) is 0 Å². The fourth-order valence-corrected chi connectivity index (χ4v) is 3.87. The van der Waals surface area contributed by atoms with Gasteiger partial charge in [-0.1, -0.05) is 18.7 Å². The largest absolute Gasteiger partial charge is 0.493 e. The van der Waals surface area contributed by atoms with E-state index in [1.54, 1.807) is 25.3 Å². The van der Waals surface area contributed by atoms with Crippen molar-refractivity contribution in [2.75, 3.05) is 39.9 Å². The van der Waals surface area contributed by atoms with Crippen molar-refractivity contribution in [3.63, 3.8) is 0 Å². The molecule has 1 aromatic carbocycles. The minimum atomic E-state index is -0.0250. The molecule has 0 aliphatic carbocycles. The van der Waals surface area contributed by atoms with Crippen LogP contribution in [-0.4, -0.2) is 61.5 Å². The SMILES string of the molecule is C=CCOc1ccc(/C=C/C(=O)N2CCC(C(=O)N3CCCC3)CC2)cc1OC. The number of hydrogen-bond acceptors (Lipinski definition) is 4. The van der Waals surface area contributed by atoms with Gasteiger partial charge in [-0.25, -0.2) is 0 Å². The third-order valence-electron chi connectivity index (χ3n) is 5.54. The summed E-state index contributed by atoms with van der Waals surface area (Å²) in [6.07, 6.45) is 8.76. The standard InChI is InChI=1S/C23H30N2O4/c1-3-16-29-20-8-6-18(17-21(20)28-2)7-9-22(26)24-14-10-19(11-15-24)23(27)25-12-4-5-13-25/h3,6-9,17,19H,1,4-5,10-16H2,2H3/b9-7+. The molecule has 0 N–H and O–H groups in total. The van der Waals surface area contributed by atoms with Crippen LogP contribution in [0.1, 0.15) is 31.2 Å². The highest BCUT2D eigenvalue weighted by Crippen LogP contribution is 2.28. The number of hydrogen-bond donors (Lipinski definition) is 0. The number of benzene rings is 1. The lowest BCUT2D eigenvalue weighted by atomic mass is 9.95. The number of methoxy groups -OCH3 is 1. The van der Waals surface area contributed by atoms with Gasteiger partial charge in [0.25, 0.3) is 0 Å². The number of piperidine rings is 1. The summed E-state index contributed by atoms with van der Waals surface area (Å²) < 4.78 is 10.9. The summed E-state index contributed by atoms with van der Waals surface area (Å²) in [6, 6.07) is 5.54. The topological polar surface area (TPSA) is 59.1 Å². The molecule has 2 saturated heterocycles. The van der Waals surface area contributed by atoms with Gasteiger partial charge in [0.15, 0.2) is 11.5 Å². The predicted molar refractivity (Wildman–Crippen MR) is 113 cm³/mol. The van der Waals surface area contributed by atoms with E-state index in [4.69, 9.17) is 9.47 Å². The predicted octanol–water partition coefficient (Wildman–Crippen LogP) is 3.13. The molecule has 3 rings (SSSR count). The lowest BCUT2D eigenvalue weighted by Crippen LogP contribution is -2.43. The zero-order chi connectivity index (χ0) is 20.6. The van der Waals surface area contributed by atoms with E-state index < -0.39 is 0 Å². The Hall–Kier alpha value is -2.76. The van der Waals surface area contributed by atoms with Gasteiger partial charge in [0.2, 0.25) is 11.8 Å². The van der Waals surface area contributed by atoms with E-state index in [1.165, 1.54) is 0 Å². The monoisotopic (exact) mass is 398 g/mol. The molecule has 0 atom stereocenters. The minimum absolute atomic E-state index is 0.0250. The zero-order valence-electron chi connectivity index (χ0n) is 17.1. The third kappa shape index (κ3) is 5.40. The second kappa shape index (κ2) is 10.1. The number of ether oxygens (including phenoxy) is 2. The van der Waals surface area contributed by atoms with Crippen molar-refractivity contribution in [1.82, 2.24) is 9.80 Å². The second-order valence-corrected chi connectivity index (χ2v) is 7.48. The molecule has 0 radical (unpaired) electrons. The molecule has 2 fully saturated rings. The van der Waals surface area contributed by atoms with E-state index in [0.29, 0.717) is 31.2 Å². The van der Waals surface area contributed by atoms with Crippen LogP contribution < -0.4 is 9.47 Å². The smallest absolute Gasteiger partial charge is 0.246 e. The average Bonchev–Trinajstić information content (AvgIpc) is 3.30. The van der Waals surface area contributed by atoms with Gasteiger partial charge in [0.1, 0.15) is 6.61 Å². The number of carbonyl (C=O) groups excluding carboxylic acids is 2. The Kier molecular flexibility index (Phi) is 7.33. The summed E-state index contributed by atoms with van der Waals surface area (Å²) in [5.74, 6) is 1.57. The van der Waals surface area contributed by atoms with Gasteiger partial charge in [-0.2, -0.15) is 0 Å². The van der Waals surface area contributed by atoms with Crippen LogP contribution in [-0.2, 0) is 9.59 Å². The molecule has 0 saturated carbocycles. The van der Waals surface area contributed by atoms with E-state index in [9.17, 15) is 9.59 Å². The van der Waals surface area contributed by atoms with E-state index >= 15 is 0 Å². The molecule has 2 aliphatic heterocycles. The molecule has 2 amide bonds. The highest BCUT2D eigenvalue weighted by molar-refractivity contribution is 5.92. The molecular formula is C23H30N2O4. The molecule has 0 bridgehead atoms. The van der Waals surface area contributed by atoms with Gasteiger partial charge in [-0.3, -0.25) is 9.59 Å². The maximum absolute atomic E-state index is 12.5. The molecule has 6 heteroatoms. The van der Waals surface area contributed by atoms with Crippen LogP contribution >= 0.6 is 0 Å². The van der Waals surface area contributed by atoms with Gasteiger partial charge >= 0.3 is 0 Å². The number of nitrogens with zero attached hydrogens (tertiary/aromatic N) is 2. The molecule has 29 heavy (non-hydrogen) atoms. The summed E-state index contributed by atoms with van der Waals surface area (Å²) in [5, 5.41) is 0. The van der Waals surface area contributed by atoms with Crippen molar-refractivity contribution in [3.05, 3.63) is 42.5 Å². The Morgan fingerprint density at radius 1 is 1.10 bits per heavy atom. The van der Waals surface area contributed by atoms with E-state index in [-0.39, 0.29) is 17.7 Å². The lowest BCUT2D eigenvalue weighted by Gasteiger charge is -2.32. The van der Waals surface area contributed by atoms with Crippen molar-refractivity contribution in [2.24, 2.45) is 5.92 Å². The third-order valence-corrected chi connectivity index (χ3v) is 5.54. The summed E-state index contributed by atoms with van der Waals surface area (Å²) >= 11 is 0. The fourth-order valence-electron chi connectivity index (χ4n) is 3.87. The molecule has 1 aromatic rings. The van der Waals surface area contributed by atoms with Crippen LogP contribution in [0.5, 0.6) is 11.5 Å². The second-order valence-electron chi connectivity index (χ2n) is 7.48. The Morgan fingerprint density at radius 2 is 1.83 bits per heavy atom. The number of likely N-dealkylation sites (tertiary alicyclic amines) is 2. The van der Waals surface area contributed by atoms with Crippen LogP contribution in [0.25, 0.3) is 6.08 Å². The number of carbonyl (C=O) groups is 2. The van der Waals surface area contributed by atoms with Crippen LogP contribution in [0.4, 0.5) is 0 Å². The van der Waals surface area contributed by atoms with Crippen molar-refractivity contribution in [2.45, 2.75) is 25.7 Å². The van der Waals surface area contributed by atoms with Crippen molar-refractivity contribution in [3.8, 4) is 11.5 Å². The molecule has 0 aromatic heterocycles. The maximum atomic E-state index is 12.5. The number of amides is 2. The van der Waals surface area contributed by atoms with Gasteiger partial charge < -0.3 is 19.3 Å². The average molecular weight is 399 g/mol. The Morgan fingerprint density at radius 3 is 2.48 bits per heavy atom. The fraction of sp³-hybridized carbons (Fsp3) is 0.478. The van der Waals surface area contributed by atoms with Crippen molar-refractivity contribution >= 4 is 17.9 Å². The molecule has 2 aliphatic rings. The molecular weight excluding hydrogens is 368 g/mol. The highest BCUT2D eigenvalue weighted by Gasteiger charge is 2.30. The van der Waals surface area contributed by atoms with Gasteiger partial charge in [-0.05, 0) is 49.5 Å².